The molecule has 1 aliphatic rings. The van der Waals surface area contributed by atoms with Gasteiger partial charge in [0.2, 0.25) is 0 Å². The number of likely N-dealkylation sites (N-methyl/N-ethyl adjacent to an activating group) is 1. The number of rotatable bonds is 7. The molecular formula is C12H25N3O2. The third kappa shape index (κ3) is 5.48. The summed E-state index contributed by atoms with van der Waals surface area (Å²) in [5.41, 5.74) is 5.76. The summed E-state index contributed by atoms with van der Waals surface area (Å²) in [5.74, 6) is -0.305. The SMILES string of the molecule is CCOC(=O)C(N)CN(C)CCN1CCCC1. The third-order valence-corrected chi connectivity index (χ3v) is 3.09. The van der Waals surface area contributed by atoms with E-state index in [1.807, 2.05) is 7.05 Å². The number of esters is 1. The van der Waals surface area contributed by atoms with E-state index < -0.39 is 6.04 Å². The molecule has 0 aliphatic carbocycles. The van der Waals surface area contributed by atoms with E-state index in [4.69, 9.17) is 10.5 Å². The Kier molecular flexibility index (Phi) is 6.47. The summed E-state index contributed by atoms with van der Waals surface area (Å²) in [6.07, 6.45) is 2.62. The van der Waals surface area contributed by atoms with Gasteiger partial charge in [-0.1, -0.05) is 0 Å². The average Bonchev–Trinajstić information content (AvgIpc) is 2.79. The quantitative estimate of drug-likeness (QED) is 0.633. The van der Waals surface area contributed by atoms with Gasteiger partial charge in [0.15, 0.2) is 0 Å². The van der Waals surface area contributed by atoms with E-state index in [2.05, 4.69) is 9.80 Å². The van der Waals surface area contributed by atoms with Gasteiger partial charge < -0.3 is 20.3 Å². The minimum Gasteiger partial charge on any atom is -0.465 e. The van der Waals surface area contributed by atoms with Gasteiger partial charge in [0.25, 0.3) is 0 Å². The second kappa shape index (κ2) is 7.63. The van der Waals surface area contributed by atoms with Gasteiger partial charge in [0.1, 0.15) is 6.04 Å². The monoisotopic (exact) mass is 243 g/mol. The van der Waals surface area contributed by atoms with Crippen molar-refractivity contribution in [1.29, 1.82) is 0 Å². The Labute approximate surface area is 104 Å². The van der Waals surface area contributed by atoms with E-state index in [0.717, 1.165) is 13.1 Å². The lowest BCUT2D eigenvalue weighted by molar-refractivity contribution is -0.145. The topological polar surface area (TPSA) is 58.8 Å². The summed E-state index contributed by atoms with van der Waals surface area (Å²) in [6.45, 7) is 7.17. The van der Waals surface area contributed by atoms with Crippen LogP contribution in [-0.2, 0) is 9.53 Å². The predicted octanol–water partition coefficient (Wildman–Crippen LogP) is -0.0956. The molecule has 0 spiro atoms. The first-order chi connectivity index (χ1) is 8.13. The van der Waals surface area contributed by atoms with Gasteiger partial charge in [-0.3, -0.25) is 4.79 Å². The first-order valence-electron chi connectivity index (χ1n) is 6.46. The minimum atomic E-state index is -0.529. The average molecular weight is 243 g/mol. The molecule has 5 heteroatoms. The fourth-order valence-corrected chi connectivity index (χ4v) is 2.07. The van der Waals surface area contributed by atoms with Gasteiger partial charge in [0, 0.05) is 19.6 Å². The van der Waals surface area contributed by atoms with Crippen molar-refractivity contribution in [3.8, 4) is 0 Å². The summed E-state index contributed by atoms with van der Waals surface area (Å²) in [5, 5.41) is 0. The number of ether oxygens (including phenoxy) is 1. The maximum absolute atomic E-state index is 11.4. The van der Waals surface area contributed by atoms with Crippen molar-refractivity contribution in [3.05, 3.63) is 0 Å². The van der Waals surface area contributed by atoms with E-state index in [-0.39, 0.29) is 5.97 Å². The van der Waals surface area contributed by atoms with Crippen LogP contribution in [0.15, 0.2) is 0 Å². The highest BCUT2D eigenvalue weighted by molar-refractivity contribution is 5.75. The number of nitrogens with zero attached hydrogens (tertiary/aromatic N) is 2. The maximum Gasteiger partial charge on any atom is 0.324 e. The van der Waals surface area contributed by atoms with E-state index in [1.165, 1.54) is 25.9 Å². The molecule has 1 rings (SSSR count). The summed E-state index contributed by atoms with van der Waals surface area (Å²) in [7, 11) is 2.00. The highest BCUT2D eigenvalue weighted by atomic mass is 16.5. The number of carbonyl (C=O) groups is 1. The van der Waals surface area contributed by atoms with Crippen molar-refractivity contribution >= 4 is 5.97 Å². The molecule has 1 atom stereocenters. The van der Waals surface area contributed by atoms with Gasteiger partial charge in [-0.05, 0) is 39.9 Å². The van der Waals surface area contributed by atoms with Crippen LogP contribution in [0.3, 0.4) is 0 Å². The molecule has 0 bridgehead atoms. The Morgan fingerprint density at radius 1 is 1.47 bits per heavy atom. The number of nitrogens with two attached hydrogens (primary N) is 1. The van der Waals surface area contributed by atoms with Crippen LogP contribution in [0.2, 0.25) is 0 Å². The molecule has 1 fully saturated rings. The molecule has 0 aromatic heterocycles. The molecule has 1 aliphatic heterocycles. The Morgan fingerprint density at radius 2 is 2.12 bits per heavy atom. The molecule has 5 nitrogen and oxygen atoms in total. The Morgan fingerprint density at radius 3 is 2.71 bits per heavy atom. The molecule has 1 saturated heterocycles. The normalized spacial score (nSPS) is 18.6. The molecule has 0 saturated carbocycles. The second-order valence-corrected chi connectivity index (χ2v) is 4.67. The molecule has 100 valence electrons. The zero-order valence-electron chi connectivity index (χ0n) is 11.0. The smallest absolute Gasteiger partial charge is 0.324 e. The van der Waals surface area contributed by atoms with Gasteiger partial charge >= 0.3 is 5.97 Å². The fourth-order valence-electron chi connectivity index (χ4n) is 2.07. The zero-order chi connectivity index (χ0) is 12.7. The Hall–Kier alpha value is -0.650. The van der Waals surface area contributed by atoms with Crippen LogP contribution in [-0.4, -0.2) is 68.2 Å². The summed E-state index contributed by atoms with van der Waals surface area (Å²) in [6, 6.07) is -0.529. The van der Waals surface area contributed by atoms with E-state index >= 15 is 0 Å². The minimum absolute atomic E-state index is 0.305. The third-order valence-electron chi connectivity index (χ3n) is 3.09. The molecule has 1 unspecified atom stereocenters. The van der Waals surface area contributed by atoms with E-state index in [1.54, 1.807) is 6.92 Å². The largest absolute Gasteiger partial charge is 0.465 e. The fraction of sp³-hybridized carbons (Fsp3) is 0.917. The van der Waals surface area contributed by atoms with Crippen molar-refractivity contribution < 1.29 is 9.53 Å². The van der Waals surface area contributed by atoms with Gasteiger partial charge in [-0.2, -0.15) is 0 Å². The van der Waals surface area contributed by atoms with Crippen LogP contribution in [0.25, 0.3) is 0 Å². The van der Waals surface area contributed by atoms with Gasteiger partial charge in [0.05, 0.1) is 6.61 Å². The van der Waals surface area contributed by atoms with Crippen molar-refractivity contribution in [3.63, 3.8) is 0 Å². The molecular weight excluding hydrogens is 218 g/mol. The van der Waals surface area contributed by atoms with Gasteiger partial charge in [-0.15, -0.1) is 0 Å². The number of hydrogen-bond acceptors (Lipinski definition) is 5. The summed E-state index contributed by atoms with van der Waals surface area (Å²) in [4.78, 5) is 15.9. The lowest BCUT2D eigenvalue weighted by Gasteiger charge is -2.23. The lowest BCUT2D eigenvalue weighted by Crippen LogP contribution is -2.44. The summed E-state index contributed by atoms with van der Waals surface area (Å²) >= 11 is 0. The van der Waals surface area contributed by atoms with Crippen LogP contribution in [0.4, 0.5) is 0 Å². The van der Waals surface area contributed by atoms with Crippen LogP contribution in [0.5, 0.6) is 0 Å². The van der Waals surface area contributed by atoms with Gasteiger partial charge in [-0.25, -0.2) is 0 Å². The highest BCUT2D eigenvalue weighted by Gasteiger charge is 2.17. The molecule has 0 aromatic rings. The molecule has 17 heavy (non-hydrogen) atoms. The number of hydrogen-bond donors (Lipinski definition) is 1. The second-order valence-electron chi connectivity index (χ2n) is 4.67. The maximum atomic E-state index is 11.4. The standard InChI is InChI=1S/C12H25N3O2/c1-3-17-12(16)11(13)10-14(2)8-9-15-6-4-5-7-15/h11H,3-10,13H2,1-2H3. The van der Waals surface area contributed by atoms with Crippen LogP contribution in [0.1, 0.15) is 19.8 Å². The van der Waals surface area contributed by atoms with Crippen LogP contribution >= 0.6 is 0 Å². The van der Waals surface area contributed by atoms with Crippen molar-refractivity contribution in [1.82, 2.24) is 9.80 Å². The molecule has 1 heterocycles. The highest BCUT2D eigenvalue weighted by Crippen LogP contribution is 2.06. The molecule has 0 radical (unpaired) electrons. The molecule has 0 amide bonds. The van der Waals surface area contributed by atoms with Crippen molar-refractivity contribution in [2.45, 2.75) is 25.8 Å². The van der Waals surface area contributed by atoms with Crippen molar-refractivity contribution in [2.75, 3.05) is 46.4 Å². The van der Waals surface area contributed by atoms with Crippen molar-refractivity contribution in [2.24, 2.45) is 5.73 Å². The molecule has 2 N–H and O–H groups in total. The first-order valence-corrected chi connectivity index (χ1v) is 6.46. The van der Waals surface area contributed by atoms with Crippen LogP contribution in [0, 0.1) is 0 Å². The van der Waals surface area contributed by atoms with Crippen LogP contribution < -0.4 is 5.73 Å². The Bertz CT molecular complexity index is 230. The van der Waals surface area contributed by atoms with E-state index in [9.17, 15) is 4.79 Å². The summed E-state index contributed by atoms with van der Waals surface area (Å²) < 4.78 is 4.88. The molecule has 0 aromatic carbocycles. The lowest BCUT2D eigenvalue weighted by atomic mass is 10.3. The van der Waals surface area contributed by atoms with E-state index in [0.29, 0.717) is 13.2 Å². The zero-order valence-corrected chi connectivity index (χ0v) is 11.0. The first kappa shape index (κ1) is 14.4. The number of carbonyl (C=O) groups excluding carboxylic acids is 1. The number of likely N-dealkylation sites (tertiary alicyclic amines) is 1. The predicted molar refractivity (Wildman–Crippen MR) is 67.8 cm³/mol. The Balaban J connectivity index is 2.14.